The van der Waals surface area contributed by atoms with E-state index < -0.39 is 5.91 Å². The summed E-state index contributed by atoms with van der Waals surface area (Å²) in [6.07, 6.45) is 6.98. The second kappa shape index (κ2) is 9.19. The molecular weight excluding hydrogens is 492 g/mol. The summed E-state index contributed by atoms with van der Waals surface area (Å²) in [5.41, 5.74) is 6.83. The van der Waals surface area contributed by atoms with Crippen LogP contribution >= 0.6 is 11.3 Å². The van der Waals surface area contributed by atoms with Crippen LogP contribution in [0.15, 0.2) is 48.5 Å². The number of amides is 2. The summed E-state index contributed by atoms with van der Waals surface area (Å²) < 4.78 is 3.34. The third-order valence-electron chi connectivity index (χ3n) is 6.10. The largest absolute Gasteiger partial charge is 0.324 e. The molecular formula is C24H22N10O2S. The quantitative estimate of drug-likeness (QED) is 0.353. The summed E-state index contributed by atoms with van der Waals surface area (Å²) >= 11 is 1.61. The molecule has 186 valence electrons. The van der Waals surface area contributed by atoms with E-state index in [1.165, 1.54) is 4.88 Å². The van der Waals surface area contributed by atoms with Crippen LogP contribution in [0.25, 0.3) is 16.8 Å². The highest BCUT2D eigenvalue weighted by Crippen LogP contribution is 2.25. The summed E-state index contributed by atoms with van der Waals surface area (Å²) in [6, 6.07) is 5.41. The molecule has 1 aliphatic heterocycles. The topological polar surface area (TPSA) is 135 Å². The fourth-order valence-corrected chi connectivity index (χ4v) is 5.06. The number of hydrogen-bond donors (Lipinski definition) is 2. The lowest BCUT2D eigenvalue weighted by molar-refractivity contribution is -0.117. The van der Waals surface area contributed by atoms with Gasteiger partial charge in [0.1, 0.15) is 0 Å². The van der Waals surface area contributed by atoms with Crippen molar-refractivity contribution < 1.29 is 9.59 Å². The van der Waals surface area contributed by atoms with Gasteiger partial charge in [-0.1, -0.05) is 0 Å². The summed E-state index contributed by atoms with van der Waals surface area (Å²) in [5, 5.41) is 18.1. The lowest BCUT2D eigenvalue weighted by atomic mass is 10.1. The number of nitrogens with zero attached hydrogens (tertiary/aromatic N) is 8. The monoisotopic (exact) mass is 514 g/mol. The molecule has 6 rings (SSSR count). The number of carbonyl (C=O) groups is 2. The fourth-order valence-electron chi connectivity index (χ4n) is 4.24. The van der Waals surface area contributed by atoms with E-state index in [1.54, 1.807) is 52.0 Å². The number of anilines is 2. The molecule has 0 aromatic carbocycles. The Labute approximate surface area is 215 Å². The van der Waals surface area contributed by atoms with Crippen molar-refractivity contribution in [1.82, 2.24) is 39.2 Å². The van der Waals surface area contributed by atoms with Crippen LogP contribution in [-0.2, 0) is 24.9 Å². The molecule has 0 bridgehead atoms. The van der Waals surface area contributed by atoms with Crippen LogP contribution in [0.5, 0.6) is 0 Å². The van der Waals surface area contributed by atoms with Gasteiger partial charge in [0.2, 0.25) is 11.7 Å². The van der Waals surface area contributed by atoms with Crippen molar-refractivity contribution >= 4 is 40.2 Å². The van der Waals surface area contributed by atoms with Crippen molar-refractivity contribution in [2.75, 3.05) is 17.2 Å². The standard InChI is InChI=1S/C24H22N10O2S/c1-14-18(6-17(8-25-14)28-22(35)12-33-10-19-20(11-33)37-13-26-19)29-24(36)23-31-30-21-5-15(3-4-34(21)23)16-7-27-32(2)9-16/h3-9,13H,10-12H2,1-2H3,(H,28,35)(H,29,36). The minimum atomic E-state index is -0.439. The molecule has 0 unspecified atom stereocenters. The minimum Gasteiger partial charge on any atom is -0.324 e. The van der Waals surface area contributed by atoms with Gasteiger partial charge in [-0.2, -0.15) is 5.10 Å². The number of aryl methyl sites for hydroxylation is 2. The van der Waals surface area contributed by atoms with Gasteiger partial charge in [0.05, 0.1) is 47.2 Å². The Morgan fingerprint density at radius 2 is 1.97 bits per heavy atom. The predicted octanol–water partition coefficient (Wildman–Crippen LogP) is 2.50. The zero-order valence-electron chi connectivity index (χ0n) is 20.0. The first-order valence-corrected chi connectivity index (χ1v) is 12.4. The van der Waals surface area contributed by atoms with E-state index >= 15 is 0 Å². The van der Waals surface area contributed by atoms with Crippen molar-refractivity contribution in [3.63, 3.8) is 0 Å². The lowest BCUT2D eigenvalue weighted by Crippen LogP contribution is -2.29. The molecule has 6 heterocycles. The van der Waals surface area contributed by atoms with Gasteiger partial charge >= 0.3 is 0 Å². The van der Waals surface area contributed by atoms with E-state index in [4.69, 9.17) is 0 Å². The van der Waals surface area contributed by atoms with Crippen LogP contribution < -0.4 is 10.6 Å². The molecule has 0 aliphatic carbocycles. The molecule has 0 saturated carbocycles. The Kier molecular flexibility index (Phi) is 5.70. The summed E-state index contributed by atoms with van der Waals surface area (Å²) in [7, 11) is 1.85. The molecule has 0 atom stereocenters. The Bertz CT molecular complexity index is 1630. The Morgan fingerprint density at radius 1 is 1.08 bits per heavy atom. The Hall–Kier alpha value is -4.49. The van der Waals surface area contributed by atoms with Crippen molar-refractivity contribution in [3.05, 3.63) is 70.6 Å². The zero-order valence-corrected chi connectivity index (χ0v) is 20.9. The van der Waals surface area contributed by atoms with E-state index in [-0.39, 0.29) is 18.3 Å². The number of carbonyl (C=O) groups excluding carboxylic acids is 2. The maximum atomic E-state index is 13.1. The lowest BCUT2D eigenvalue weighted by Gasteiger charge is -2.15. The normalized spacial score (nSPS) is 13.1. The molecule has 0 saturated heterocycles. The minimum absolute atomic E-state index is 0.136. The molecule has 0 spiro atoms. The third-order valence-corrected chi connectivity index (χ3v) is 6.96. The number of pyridine rings is 2. The predicted molar refractivity (Wildman–Crippen MR) is 137 cm³/mol. The number of hydrogen-bond acceptors (Lipinski definition) is 9. The van der Waals surface area contributed by atoms with Crippen molar-refractivity contribution in [1.29, 1.82) is 0 Å². The number of thiazole rings is 1. The molecule has 5 aromatic heterocycles. The van der Waals surface area contributed by atoms with E-state index in [0.717, 1.165) is 23.4 Å². The second-order valence-corrected chi connectivity index (χ2v) is 9.74. The fraction of sp³-hybridized carbons (Fsp3) is 0.208. The van der Waals surface area contributed by atoms with Gasteiger partial charge in [-0.05, 0) is 30.7 Å². The first kappa shape index (κ1) is 22.9. The molecule has 1 aliphatic rings. The SMILES string of the molecule is Cc1ncc(NC(=O)CN2Cc3ncsc3C2)cc1NC(=O)c1nnc2cc(-c3cnn(C)c3)ccn12. The first-order valence-electron chi connectivity index (χ1n) is 11.5. The molecule has 13 heteroatoms. The summed E-state index contributed by atoms with van der Waals surface area (Å²) in [4.78, 5) is 37.6. The van der Waals surface area contributed by atoms with Gasteiger partial charge in [0.25, 0.3) is 5.91 Å². The maximum absolute atomic E-state index is 13.1. The summed E-state index contributed by atoms with van der Waals surface area (Å²) in [6.45, 7) is 3.40. The van der Waals surface area contributed by atoms with Crippen LogP contribution in [0.1, 0.15) is 26.9 Å². The molecule has 0 fully saturated rings. The van der Waals surface area contributed by atoms with Gasteiger partial charge in [-0.25, -0.2) is 4.98 Å². The Balaban J connectivity index is 1.14. The average Bonchev–Trinajstić information content (AvgIpc) is 3.64. The van der Waals surface area contributed by atoms with Gasteiger partial charge in [-0.15, -0.1) is 21.5 Å². The van der Waals surface area contributed by atoms with E-state index in [9.17, 15) is 9.59 Å². The highest BCUT2D eigenvalue weighted by Gasteiger charge is 2.23. The smallest absolute Gasteiger partial charge is 0.294 e. The van der Waals surface area contributed by atoms with Crippen LogP contribution in [0.3, 0.4) is 0 Å². The highest BCUT2D eigenvalue weighted by atomic mass is 32.1. The van der Waals surface area contributed by atoms with E-state index in [0.29, 0.717) is 29.3 Å². The van der Waals surface area contributed by atoms with Crippen molar-refractivity contribution in [3.8, 4) is 11.1 Å². The van der Waals surface area contributed by atoms with Crippen LogP contribution in [0.2, 0.25) is 0 Å². The van der Waals surface area contributed by atoms with Gasteiger partial charge < -0.3 is 10.6 Å². The van der Waals surface area contributed by atoms with Crippen molar-refractivity contribution in [2.45, 2.75) is 20.0 Å². The van der Waals surface area contributed by atoms with Gasteiger partial charge in [0, 0.05) is 43.0 Å². The number of rotatable bonds is 6. The van der Waals surface area contributed by atoms with Crippen LogP contribution in [-0.4, -0.2) is 57.6 Å². The second-order valence-electron chi connectivity index (χ2n) is 8.80. The number of fused-ring (bicyclic) bond motifs is 2. The molecule has 0 radical (unpaired) electrons. The Morgan fingerprint density at radius 3 is 2.78 bits per heavy atom. The van der Waals surface area contributed by atoms with Gasteiger partial charge in [-0.3, -0.25) is 28.6 Å². The van der Waals surface area contributed by atoms with Crippen LogP contribution in [0, 0.1) is 6.92 Å². The number of nitrogens with one attached hydrogen (secondary N) is 2. The third kappa shape index (κ3) is 4.57. The maximum Gasteiger partial charge on any atom is 0.294 e. The zero-order chi connectivity index (χ0) is 25.5. The molecule has 37 heavy (non-hydrogen) atoms. The molecule has 2 N–H and O–H groups in total. The van der Waals surface area contributed by atoms with Crippen LogP contribution in [0.4, 0.5) is 11.4 Å². The van der Waals surface area contributed by atoms with Gasteiger partial charge in [0.15, 0.2) is 5.65 Å². The summed E-state index contributed by atoms with van der Waals surface area (Å²) in [5.74, 6) is -0.464. The number of aromatic nitrogens is 7. The molecule has 12 nitrogen and oxygen atoms in total. The van der Waals surface area contributed by atoms with E-state index in [2.05, 4.69) is 35.9 Å². The first-order chi connectivity index (χ1) is 17.9. The molecule has 2 amide bonds. The molecule has 5 aromatic rings. The van der Waals surface area contributed by atoms with Crippen molar-refractivity contribution in [2.24, 2.45) is 7.05 Å². The average molecular weight is 515 g/mol. The highest BCUT2D eigenvalue weighted by molar-refractivity contribution is 7.09. The van der Waals surface area contributed by atoms with E-state index in [1.807, 2.05) is 35.8 Å².